The van der Waals surface area contributed by atoms with Crippen LogP contribution >= 0.6 is 0 Å². The summed E-state index contributed by atoms with van der Waals surface area (Å²) in [5.41, 5.74) is 2.70. The molecule has 0 saturated heterocycles. The van der Waals surface area contributed by atoms with Crippen molar-refractivity contribution in [2.24, 2.45) is 7.05 Å². The van der Waals surface area contributed by atoms with Gasteiger partial charge in [-0.15, -0.1) is 0 Å². The van der Waals surface area contributed by atoms with Gasteiger partial charge in [-0.05, 0) is 36.8 Å². The minimum Gasteiger partial charge on any atom is -0.484 e. The fourth-order valence-corrected chi connectivity index (χ4v) is 2.26. The van der Waals surface area contributed by atoms with Gasteiger partial charge in [-0.1, -0.05) is 12.1 Å². The number of hydrogen-bond acceptors (Lipinski definition) is 4. The van der Waals surface area contributed by atoms with Crippen LogP contribution in [-0.4, -0.2) is 17.1 Å². The highest BCUT2D eigenvalue weighted by molar-refractivity contribution is 5.93. The summed E-state index contributed by atoms with van der Waals surface area (Å²) < 4.78 is 11.9. The molecule has 3 aromatic rings. The van der Waals surface area contributed by atoms with E-state index in [1.54, 1.807) is 31.3 Å². The number of nitrogens with zero attached hydrogens (tertiary/aromatic N) is 1. The molecule has 0 spiro atoms. The first-order chi connectivity index (χ1) is 11.0. The molecule has 0 aliphatic carbocycles. The standard InChI is InChI=1S/C17H16N2O4/c1-11-4-3-5-13(8-11)22-10-16(20)18-12-6-7-14-15(9-12)23-17(21)19(14)2/h3-9H,10H2,1-2H3,(H,18,20). The zero-order chi connectivity index (χ0) is 16.4. The Hall–Kier alpha value is -3.02. The Morgan fingerprint density at radius 3 is 2.87 bits per heavy atom. The zero-order valence-electron chi connectivity index (χ0n) is 12.8. The number of rotatable bonds is 4. The van der Waals surface area contributed by atoms with Gasteiger partial charge in [0.15, 0.2) is 12.2 Å². The zero-order valence-corrected chi connectivity index (χ0v) is 12.8. The van der Waals surface area contributed by atoms with Crippen molar-refractivity contribution in [3.63, 3.8) is 0 Å². The smallest absolute Gasteiger partial charge is 0.419 e. The maximum atomic E-state index is 11.9. The van der Waals surface area contributed by atoms with Crippen LogP contribution in [0.1, 0.15) is 5.56 Å². The van der Waals surface area contributed by atoms with Gasteiger partial charge in [0.2, 0.25) is 0 Å². The second kappa shape index (κ2) is 6.00. The molecule has 23 heavy (non-hydrogen) atoms. The molecule has 0 fully saturated rings. The van der Waals surface area contributed by atoms with E-state index >= 15 is 0 Å². The third kappa shape index (κ3) is 3.26. The van der Waals surface area contributed by atoms with E-state index < -0.39 is 5.76 Å². The quantitative estimate of drug-likeness (QED) is 0.803. The highest BCUT2D eigenvalue weighted by Crippen LogP contribution is 2.18. The molecule has 0 aliphatic heterocycles. The number of benzene rings is 2. The summed E-state index contributed by atoms with van der Waals surface area (Å²) in [5.74, 6) is -0.0833. The first-order valence-electron chi connectivity index (χ1n) is 7.12. The van der Waals surface area contributed by atoms with Gasteiger partial charge in [-0.3, -0.25) is 9.36 Å². The molecule has 6 nitrogen and oxygen atoms in total. The first-order valence-corrected chi connectivity index (χ1v) is 7.12. The van der Waals surface area contributed by atoms with Crippen LogP contribution in [0.5, 0.6) is 5.75 Å². The van der Waals surface area contributed by atoms with Crippen molar-refractivity contribution < 1.29 is 13.9 Å². The largest absolute Gasteiger partial charge is 0.484 e. The molecule has 1 amide bonds. The van der Waals surface area contributed by atoms with E-state index in [9.17, 15) is 9.59 Å². The van der Waals surface area contributed by atoms with Crippen LogP contribution in [0.25, 0.3) is 11.1 Å². The van der Waals surface area contributed by atoms with Crippen LogP contribution in [0.15, 0.2) is 51.7 Å². The average molecular weight is 312 g/mol. The predicted molar refractivity (Wildman–Crippen MR) is 86.8 cm³/mol. The topological polar surface area (TPSA) is 73.5 Å². The van der Waals surface area contributed by atoms with Crippen LogP contribution in [0, 0.1) is 6.92 Å². The van der Waals surface area contributed by atoms with E-state index in [0.717, 1.165) is 5.56 Å². The van der Waals surface area contributed by atoms with Gasteiger partial charge in [0, 0.05) is 18.8 Å². The maximum absolute atomic E-state index is 11.9. The van der Waals surface area contributed by atoms with Crippen molar-refractivity contribution in [2.75, 3.05) is 11.9 Å². The molecule has 6 heteroatoms. The van der Waals surface area contributed by atoms with Gasteiger partial charge in [-0.2, -0.15) is 0 Å². The van der Waals surface area contributed by atoms with Gasteiger partial charge in [0.05, 0.1) is 5.52 Å². The van der Waals surface area contributed by atoms with Crippen molar-refractivity contribution >= 4 is 22.7 Å². The van der Waals surface area contributed by atoms with Gasteiger partial charge in [0.1, 0.15) is 5.75 Å². The van der Waals surface area contributed by atoms with E-state index in [2.05, 4.69) is 5.32 Å². The summed E-state index contributed by atoms with van der Waals surface area (Å²) >= 11 is 0. The number of aromatic nitrogens is 1. The molecule has 1 N–H and O–H groups in total. The lowest BCUT2D eigenvalue weighted by atomic mass is 10.2. The lowest BCUT2D eigenvalue weighted by Gasteiger charge is -2.08. The molecule has 3 rings (SSSR count). The number of oxazole rings is 1. The van der Waals surface area contributed by atoms with E-state index in [1.807, 2.05) is 25.1 Å². The van der Waals surface area contributed by atoms with Crippen LogP contribution in [0.2, 0.25) is 0 Å². The Balaban J connectivity index is 1.67. The third-order valence-electron chi connectivity index (χ3n) is 3.44. The first kappa shape index (κ1) is 14.9. The molecule has 0 radical (unpaired) electrons. The minimum atomic E-state index is -0.439. The number of ether oxygens (including phenoxy) is 1. The SMILES string of the molecule is Cc1cccc(OCC(=O)Nc2ccc3c(c2)oc(=O)n3C)c1. The van der Waals surface area contributed by atoms with Crippen LogP contribution < -0.4 is 15.8 Å². The fourth-order valence-electron chi connectivity index (χ4n) is 2.26. The summed E-state index contributed by atoms with van der Waals surface area (Å²) in [6, 6.07) is 12.5. The van der Waals surface area contributed by atoms with Gasteiger partial charge < -0.3 is 14.5 Å². The molecule has 0 aliphatic rings. The van der Waals surface area contributed by atoms with E-state index in [4.69, 9.17) is 9.15 Å². The predicted octanol–water partition coefficient (Wildman–Crippen LogP) is 2.46. The molecular formula is C17H16N2O4. The maximum Gasteiger partial charge on any atom is 0.419 e. The van der Waals surface area contributed by atoms with Crippen molar-refractivity contribution in [1.82, 2.24) is 4.57 Å². The second-order valence-corrected chi connectivity index (χ2v) is 5.26. The molecule has 118 valence electrons. The summed E-state index contributed by atoms with van der Waals surface area (Å²) in [7, 11) is 1.63. The summed E-state index contributed by atoms with van der Waals surface area (Å²) in [5, 5.41) is 2.71. The normalized spacial score (nSPS) is 10.7. The lowest BCUT2D eigenvalue weighted by molar-refractivity contribution is -0.118. The molecule has 0 atom stereocenters. The molecular weight excluding hydrogens is 296 g/mol. The second-order valence-electron chi connectivity index (χ2n) is 5.26. The molecule has 2 aromatic carbocycles. The van der Waals surface area contributed by atoms with E-state index in [1.165, 1.54) is 4.57 Å². The van der Waals surface area contributed by atoms with E-state index in [-0.39, 0.29) is 12.5 Å². The van der Waals surface area contributed by atoms with Crippen molar-refractivity contribution in [3.05, 3.63) is 58.6 Å². The number of carbonyl (C=O) groups excluding carboxylic acids is 1. The van der Waals surface area contributed by atoms with E-state index in [0.29, 0.717) is 22.5 Å². The third-order valence-corrected chi connectivity index (χ3v) is 3.44. The van der Waals surface area contributed by atoms with Crippen molar-refractivity contribution in [3.8, 4) is 5.75 Å². The van der Waals surface area contributed by atoms with Gasteiger partial charge in [-0.25, -0.2) is 4.79 Å². The Morgan fingerprint density at radius 2 is 2.09 bits per heavy atom. The molecule has 1 heterocycles. The van der Waals surface area contributed by atoms with Crippen LogP contribution in [0.4, 0.5) is 5.69 Å². The Morgan fingerprint density at radius 1 is 1.26 bits per heavy atom. The molecule has 0 bridgehead atoms. The van der Waals surface area contributed by atoms with Crippen molar-refractivity contribution in [1.29, 1.82) is 0 Å². The Kier molecular flexibility index (Phi) is 3.89. The Bertz CT molecular complexity index is 924. The molecule has 1 aromatic heterocycles. The van der Waals surface area contributed by atoms with Crippen molar-refractivity contribution in [2.45, 2.75) is 6.92 Å². The number of fused-ring (bicyclic) bond motifs is 1. The molecule has 0 unspecified atom stereocenters. The highest BCUT2D eigenvalue weighted by Gasteiger charge is 2.09. The molecule has 0 saturated carbocycles. The fraction of sp³-hybridized carbons (Fsp3) is 0.176. The number of anilines is 1. The number of amides is 1. The average Bonchev–Trinajstić information content (AvgIpc) is 2.80. The number of nitrogens with one attached hydrogen (secondary N) is 1. The lowest BCUT2D eigenvalue weighted by Crippen LogP contribution is -2.20. The summed E-state index contributed by atoms with van der Waals surface area (Å²) in [6.45, 7) is 1.86. The number of aryl methyl sites for hydroxylation is 2. The van der Waals surface area contributed by atoms with Gasteiger partial charge in [0.25, 0.3) is 5.91 Å². The minimum absolute atomic E-state index is 0.0970. The number of carbonyl (C=O) groups is 1. The Labute approximate surface area is 132 Å². The monoisotopic (exact) mass is 312 g/mol. The number of hydrogen-bond donors (Lipinski definition) is 1. The van der Waals surface area contributed by atoms with Crippen LogP contribution in [-0.2, 0) is 11.8 Å². The summed E-state index contributed by atoms with van der Waals surface area (Å²) in [6.07, 6.45) is 0. The summed E-state index contributed by atoms with van der Waals surface area (Å²) in [4.78, 5) is 23.4. The highest BCUT2D eigenvalue weighted by atomic mass is 16.5. The van der Waals surface area contributed by atoms with Gasteiger partial charge >= 0.3 is 5.76 Å². The van der Waals surface area contributed by atoms with Crippen LogP contribution in [0.3, 0.4) is 0 Å².